The molecule has 3 aromatic rings. The largest absolute Gasteiger partial charge is 0.497 e. The van der Waals surface area contributed by atoms with E-state index in [-0.39, 0.29) is 5.82 Å². The van der Waals surface area contributed by atoms with Gasteiger partial charge in [0.2, 0.25) is 5.91 Å². The molecule has 0 aliphatic rings. The van der Waals surface area contributed by atoms with Crippen molar-refractivity contribution in [3.63, 3.8) is 0 Å². The van der Waals surface area contributed by atoms with Crippen molar-refractivity contribution >= 4 is 23.2 Å². The summed E-state index contributed by atoms with van der Waals surface area (Å²) in [4.78, 5) is 20.1. The van der Waals surface area contributed by atoms with Gasteiger partial charge in [0, 0.05) is 16.8 Å². The number of hydrogen-bond donors (Lipinski definition) is 3. The van der Waals surface area contributed by atoms with E-state index in [2.05, 4.69) is 15.3 Å². The molecule has 0 unspecified atom stereocenters. The van der Waals surface area contributed by atoms with E-state index in [0.29, 0.717) is 17.1 Å². The Balaban J connectivity index is 1.96. The van der Waals surface area contributed by atoms with E-state index in [1.165, 1.54) is 0 Å². The zero-order chi connectivity index (χ0) is 18.7. The number of hydrogen-bond acceptors (Lipinski definition) is 6. The highest BCUT2D eigenvalue weighted by atomic mass is 16.5. The summed E-state index contributed by atoms with van der Waals surface area (Å²) in [7, 11) is 1.62. The molecule has 2 aromatic carbocycles. The quantitative estimate of drug-likeness (QED) is 0.652. The molecule has 0 fully saturated rings. The number of rotatable bonds is 5. The number of carbonyl (C=O) groups is 1. The first-order chi connectivity index (χ1) is 12.5. The summed E-state index contributed by atoms with van der Waals surface area (Å²) in [6.07, 6.45) is 1.56. The number of carbonyl (C=O) groups excluding carboxylic acids is 1. The van der Waals surface area contributed by atoms with E-state index >= 15 is 0 Å². The normalized spacial score (nSPS) is 10.4. The van der Waals surface area contributed by atoms with Gasteiger partial charge in [0.25, 0.3) is 0 Å². The van der Waals surface area contributed by atoms with Crippen LogP contribution < -0.4 is 21.5 Å². The molecule has 0 saturated heterocycles. The molecule has 1 heterocycles. The smallest absolute Gasteiger partial charge is 0.248 e. The Morgan fingerprint density at radius 3 is 2.69 bits per heavy atom. The first kappa shape index (κ1) is 17.2. The van der Waals surface area contributed by atoms with E-state index in [9.17, 15) is 4.79 Å². The highest BCUT2D eigenvalue weighted by molar-refractivity contribution is 5.94. The number of ether oxygens (including phenoxy) is 1. The lowest BCUT2D eigenvalue weighted by atomic mass is 10.1. The maximum atomic E-state index is 11.4. The molecule has 7 heteroatoms. The number of anilines is 3. The predicted molar refractivity (Wildman–Crippen MR) is 101 cm³/mol. The Morgan fingerprint density at radius 2 is 2.00 bits per heavy atom. The van der Waals surface area contributed by atoms with Crippen LogP contribution in [0.2, 0.25) is 0 Å². The molecule has 0 spiro atoms. The minimum atomic E-state index is -0.498. The number of benzene rings is 2. The van der Waals surface area contributed by atoms with Crippen LogP contribution in [0.1, 0.15) is 15.9 Å². The molecule has 1 aromatic heterocycles. The molecule has 7 nitrogen and oxygen atoms in total. The topological polar surface area (TPSA) is 116 Å². The first-order valence-corrected chi connectivity index (χ1v) is 7.92. The molecule has 0 radical (unpaired) electrons. The predicted octanol–water partition coefficient (Wildman–Crippen LogP) is 2.89. The fourth-order valence-corrected chi connectivity index (χ4v) is 2.49. The molecule has 132 valence electrons. The number of aromatic nitrogens is 2. The van der Waals surface area contributed by atoms with Gasteiger partial charge >= 0.3 is 0 Å². The molecule has 5 N–H and O–H groups in total. The highest BCUT2D eigenvalue weighted by Crippen LogP contribution is 2.27. The molecule has 1 amide bonds. The zero-order valence-electron chi connectivity index (χ0n) is 14.5. The number of primary amides is 1. The van der Waals surface area contributed by atoms with Crippen LogP contribution in [-0.4, -0.2) is 23.0 Å². The summed E-state index contributed by atoms with van der Waals surface area (Å²) >= 11 is 0. The van der Waals surface area contributed by atoms with E-state index < -0.39 is 5.91 Å². The standard InChI is InChI=1S/C19H19N5O2/c1-11-8-14(26-2)6-7-15(11)23-19-17(20)22-10-16(24-19)12-4-3-5-13(9-12)18(21)25/h3-10H,1-2H3,(H2,20,22)(H2,21,25)(H,23,24). The fourth-order valence-electron chi connectivity index (χ4n) is 2.49. The molecule has 3 rings (SSSR count). The van der Waals surface area contributed by atoms with Crippen LogP contribution in [0.4, 0.5) is 17.3 Å². The molecule has 0 aliphatic carbocycles. The van der Waals surface area contributed by atoms with Gasteiger partial charge in [-0.15, -0.1) is 0 Å². The van der Waals surface area contributed by atoms with Crippen LogP contribution in [0.15, 0.2) is 48.7 Å². The van der Waals surface area contributed by atoms with Gasteiger partial charge in [-0.2, -0.15) is 0 Å². The van der Waals surface area contributed by atoms with Crippen LogP contribution >= 0.6 is 0 Å². The number of methoxy groups -OCH3 is 1. The monoisotopic (exact) mass is 349 g/mol. The van der Waals surface area contributed by atoms with Crippen molar-refractivity contribution in [2.24, 2.45) is 5.73 Å². The van der Waals surface area contributed by atoms with Crippen molar-refractivity contribution in [2.45, 2.75) is 6.92 Å². The Bertz CT molecular complexity index is 972. The number of aryl methyl sites for hydroxylation is 1. The second kappa shape index (κ2) is 7.10. The molecule has 0 saturated carbocycles. The van der Waals surface area contributed by atoms with Gasteiger partial charge in [0.1, 0.15) is 5.75 Å². The molecular formula is C19H19N5O2. The average Bonchev–Trinajstić information content (AvgIpc) is 2.65. The van der Waals surface area contributed by atoms with Crippen molar-refractivity contribution < 1.29 is 9.53 Å². The fraction of sp³-hybridized carbons (Fsp3) is 0.105. The van der Waals surface area contributed by atoms with E-state index in [0.717, 1.165) is 22.6 Å². The van der Waals surface area contributed by atoms with Crippen LogP contribution in [0, 0.1) is 6.92 Å². The SMILES string of the molecule is COc1ccc(Nc2nc(-c3cccc(C(N)=O)c3)cnc2N)c(C)c1. The van der Waals surface area contributed by atoms with Gasteiger partial charge < -0.3 is 21.5 Å². The van der Waals surface area contributed by atoms with Crippen molar-refractivity contribution in [1.29, 1.82) is 0 Å². The molecule has 0 bridgehead atoms. The Hall–Kier alpha value is -3.61. The third-order valence-electron chi connectivity index (χ3n) is 3.93. The maximum absolute atomic E-state index is 11.4. The molecule has 0 atom stereocenters. The zero-order valence-corrected chi connectivity index (χ0v) is 14.5. The van der Waals surface area contributed by atoms with Gasteiger partial charge in [-0.1, -0.05) is 12.1 Å². The van der Waals surface area contributed by atoms with Crippen LogP contribution in [-0.2, 0) is 0 Å². The van der Waals surface area contributed by atoms with Crippen molar-refractivity contribution in [1.82, 2.24) is 9.97 Å². The van der Waals surface area contributed by atoms with Crippen molar-refractivity contribution in [3.05, 3.63) is 59.8 Å². The number of amides is 1. The maximum Gasteiger partial charge on any atom is 0.248 e. The molecule has 0 aliphatic heterocycles. The van der Waals surface area contributed by atoms with Gasteiger partial charge in [-0.05, 0) is 42.8 Å². The third-order valence-corrected chi connectivity index (χ3v) is 3.93. The lowest BCUT2D eigenvalue weighted by molar-refractivity contribution is 0.100. The number of nitrogens with zero attached hydrogens (tertiary/aromatic N) is 2. The van der Waals surface area contributed by atoms with Crippen molar-refractivity contribution in [3.8, 4) is 17.0 Å². The van der Waals surface area contributed by atoms with Crippen LogP contribution in [0.5, 0.6) is 5.75 Å². The van der Waals surface area contributed by atoms with Gasteiger partial charge in [-0.3, -0.25) is 4.79 Å². The second-order valence-corrected chi connectivity index (χ2v) is 5.74. The summed E-state index contributed by atoms with van der Waals surface area (Å²) in [5, 5.41) is 3.19. The summed E-state index contributed by atoms with van der Waals surface area (Å²) in [5.41, 5.74) is 14.8. The lowest BCUT2D eigenvalue weighted by Crippen LogP contribution is -2.10. The number of nitrogens with one attached hydrogen (secondary N) is 1. The Kier molecular flexibility index (Phi) is 4.70. The minimum Gasteiger partial charge on any atom is -0.497 e. The van der Waals surface area contributed by atoms with Crippen molar-refractivity contribution in [2.75, 3.05) is 18.2 Å². The molecule has 26 heavy (non-hydrogen) atoms. The van der Waals surface area contributed by atoms with Gasteiger partial charge in [0.05, 0.1) is 19.0 Å². The first-order valence-electron chi connectivity index (χ1n) is 7.92. The second-order valence-electron chi connectivity index (χ2n) is 5.74. The minimum absolute atomic E-state index is 0.273. The molecular weight excluding hydrogens is 330 g/mol. The number of nitrogen functional groups attached to an aromatic ring is 1. The van der Waals surface area contributed by atoms with Gasteiger partial charge in [0.15, 0.2) is 11.6 Å². The summed E-state index contributed by atoms with van der Waals surface area (Å²) < 4.78 is 5.21. The van der Waals surface area contributed by atoms with E-state index in [4.69, 9.17) is 16.2 Å². The summed E-state index contributed by atoms with van der Waals surface area (Å²) in [6.45, 7) is 1.95. The summed E-state index contributed by atoms with van der Waals surface area (Å²) in [6, 6.07) is 12.5. The Morgan fingerprint density at radius 1 is 1.19 bits per heavy atom. The van der Waals surface area contributed by atoms with Crippen LogP contribution in [0.3, 0.4) is 0 Å². The van der Waals surface area contributed by atoms with Crippen LogP contribution in [0.25, 0.3) is 11.3 Å². The Labute approximate surface area is 151 Å². The number of nitrogens with two attached hydrogens (primary N) is 2. The van der Waals surface area contributed by atoms with E-state index in [1.54, 1.807) is 31.5 Å². The summed E-state index contributed by atoms with van der Waals surface area (Å²) in [5.74, 6) is 0.974. The van der Waals surface area contributed by atoms with Gasteiger partial charge in [-0.25, -0.2) is 9.97 Å². The third kappa shape index (κ3) is 3.56. The lowest BCUT2D eigenvalue weighted by Gasteiger charge is -2.13. The average molecular weight is 349 g/mol. The van der Waals surface area contributed by atoms with E-state index in [1.807, 2.05) is 31.2 Å². The highest BCUT2D eigenvalue weighted by Gasteiger charge is 2.10.